The Bertz CT molecular complexity index is 3310. The van der Waals surface area contributed by atoms with Crippen molar-refractivity contribution in [3.05, 3.63) is 204 Å². The molecule has 3 heterocycles. The second-order valence-corrected chi connectivity index (χ2v) is 16.3. The van der Waals surface area contributed by atoms with Gasteiger partial charge >= 0.3 is 0 Å². The van der Waals surface area contributed by atoms with Crippen molar-refractivity contribution >= 4 is 53.4 Å². The minimum atomic E-state index is -3.87. The van der Waals surface area contributed by atoms with Crippen molar-refractivity contribution in [2.75, 3.05) is 0 Å². The van der Waals surface area contributed by atoms with Crippen LogP contribution in [0, 0.1) is 0 Å². The van der Waals surface area contributed by atoms with Crippen LogP contribution in [0.5, 0.6) is 0 Å². The van der Waals surface area contributed by atoms with Crippen LogP contribution in [-0.4, -0.2) is 17.6 Å². The summed E-state index contributed by atoms with van der Waals surface area (Å²) in [7, 11) is -3.87. The van der Waals surface area contributed by atoms with Crippen molar-refractivity contribution in [3.63, 3.8) is 0 Å². The molecule has 0 N–H and O–H groups in total. The lowest BCUT2D eigenvalue weighted by molar-refractivity contribution is 0.581. The van der Waals surface area contributed by atoms with Crippen molar-refractivity contribution in [2.45, 2.75) is 15.2 Å². The molecular weight excluding hydrogens is 681 g/mol. The van der Waals surface area contributed by atoms with E-state index in [1.165, 1.54) is 5.39 Å². The summed E-state index contributed by atoms with van der Waals surface area (Å²) in [5.74, 6) is 0. The molecule has 10 aromatic rings. The van der Waals surface area contributed by atoms with Crippen LogP contribution in [0.15, 0.2) is 192 Å². The van der Waals surface area contributed by atoms with Gasteiger partial charge in [-0.3, -0.25) is 0 Å². The van der Waals surface area contributed by atoms with Crippen LogP contribution in [-0.2, 0) is 15.3 Å². The van der Waals surface area contributed by atoms with Crippen LogP contribution in [0.25, 0.3) is 66.1 Å². The molecule has 4 nitrogen and oxygen atoms in total. The predicted molar refractivity (Wildman–Crippen MR) is 218 cm³/mol. The highest BCUT2D eigenvalue weighted by Crippen LogP contribution is 2.61. The van der Waals surface area contributed by atoms with Gasteiger partial charge in [0.15, 0.2) is 0 Å². The van der Waals surface area contributed by atoms with Crippen LogP contribution in [0.3, 0.4) is 0 Å². The number of nitrogens with zero attached hydrogens (tertiary/aromatic N) is 2. The Morgan fingerprint density at radius 3 is 1.56 bits per heavy atom. The highest BCUT2D eigenvalue weighted by Gasteiger charge is 2.53. The topological polar surface area (TPSA) is 44.0 Å². The van der Waals surface area contributed by atoms with Crippen LogP contribution < -0.4 is 0 Å². The third kappa shape index (κ3) is 3.59. The minimum Gasteiger partial charge on any atom is -0.309 e. The maximum absolute atomic E-state index is 14.9. The fourth-order valence-corrected chi connectivity index (χ4v) is 11.6. The van der Waals surface area contributed by atoms with Gasteiger partial charge in [-0.15, -0.1) is 0 Å². The van der Waals surface area contributed by atoms with E-state index in [9.17, 15) is 8.42 Å². The predicted octanol–water partition coefficient (Wildman–Crippen LogP) is 11.4. The highest BCUT2D eigenvalue weighted by molar-refractivity contribution is 7.91. The van der Waals surface area contributed by atoms with Gasteiger partial charge in [0, 0.05) is 32.9 Å². The lowest BCUT2D eigenvalue weighted by Crippen LogP contribution is -2.36. The first-order valence-electron chi connectivity index (χ1n) is 18.3. The van der Waals surface area contributed by atoms with Gasteiger partial charge in [0.1, 0.15) is 0 Å². The highest BCUT2D eigenvalue weighted by atomic mass is 32.2. The van der Waals surface area contributed by atoms with E-state index in [-0.39, 0.29) is 0 Å². The first-order chi connectivity index (χ1) is 26.6. The average molecular weight is 711 g/mol. The number of hydrogen-bond donors (Lipinski definition) is 0. The maximum Gasteiger partial charge on any atom is 0.207 e. The lowest BCUT2D eigenvalue weighted by Gasteiger charge is -2.39. The number of rotatable bonds is 2. The van der Waals surface area contributed by atoms with E-state index in [4.69, 9.17) is 0 Å². The Balaban J connectivity index is 1.22. The second-order valence-electron chi connectivity index (χ2n) is 14.4. The normalized spacial score (nSPS) is 14.7. The first-order valence-corrected chi connectivity index (χ1v) is 19.8. The fourth-order valence-electron chi connectivity index (χ4n) is 9.83. The quantitative estimate of drug-likeness (QED) is 0.179. The third-order valence-corrected chi connectivity index (χ3v) is 13.8. The summed E-state index contributed by atoms with van der Waals surface area (Å²) in [5.41, 5.74) is 11.6. The molecule has 0 saturated carbocycles. The number of aromatic nitrogens is 2. The van der Waals surface area contributed by atoms with Crippen LogP contribution in [0.2, 0.25) is 0 Å². The smallest absolute Gasteiger partial charge is 0.207 e. The molecule has 1 spiro atoms. The third-order valence-electron chi connectivity index (χ3n) is 11.9. The molecular formula is C49H30N2O2S. The van der Waals surface area contributed by atoms with Gasteiger partial charge in [-0.2, -0.15) is 0 Å². The Labute approximate surface area is 311 Å². The van der Waals surface area contributed by atoms with Gasteiger partial charge in [0.05, 0.1) is 37.3 Å². The second kappa shape index (κ2) is 10.5. The Morgan fingerprint density at radius 1 is 0.352 bits per heavy atom. The van der Waals surface area contributed by atoms with Crippen molar-refractivity contribution in [1.29, 1.82) is 0 Å². The zero-order chi connectivity index (χ0) is 35.8. The molecule has 5 heteroatoms. The van der Waals surface area contributed by atoms with Gasteiger partial charge in [0.2, 0.25) is 9.84 Å². The number of para-hydroxylation sites is 3. The number of sulfone groups is 1. The maximum atomic E-state index is 14.9. The zero-order valence-corrected chi connectivity index (χ0v) is 29.8. The molecule has 0 radical (unpaired) electrons. The van der Waals surface area contributed by atoms with Gasteiger partial charge in [-0.1, -0.05) is 121 Å². The molecule has 1 aliphatic heterocycles. The average Bonchev–Trinajstić information content (AvgIpc) is 3.84. The molecule has 1 aliphatic carbocycles. The molecule has 254 valence electrons. The van der Waals surface area contributed by atoms with Crippen molar-refractivity contribution in [3.8, 4) is 22.5 Å². The van der Waals surface area contributed by atoms with Crippen molar-refractivity contribution < 1.29 is 8.42 Å². The molecule has 54 heavy (non-hydrogen) atoms. The fraction of sp³-hybridized carbons (Fsp3) is 0.0204. The monoisotopic (exact) mass is 710 g/mol. The van der Waals surface area contributed by atoms with E-state index in [0.29, 0.717) is 9.79 Å². The van der Waals surface area contributed by atoms with Crippen LogP contribution >= 0.6 is 0 Å². The SMILES string of the molecule is O=S1(=O)c2ccccc2C2(c3ccccc3-c3ccccc32)c2cc3c(cc21)c1ccccc1n3-c1ccc2c(c1)c1ccccc1n2-c1ccccc1. The lowest BCUT2D eigenvalue weighted by atomic mass is 9.67. The molecule has 8 aromatic carbocycles. The molecule has 0 bridgehead atoms. The van der Waals surface area contributed by atoms with E-state index in [1.54, 1.807) is 6.07 Å². The van der Waals surface area contributed by atoms with E-state index in [2.05, 4.69) is 149 Å². The largest absolute Gasteiger partial charge is 0.309 e. The van der Waals surface area contributed by atoms with Crippen LogP contribution in [0.4, 0.5) is 0 Å². The van der Waals surface area contributed by atoms with E-state index in [0.717, 1.165) is 83.0 Å². The van der Waals surface area contributed by atoms with E-state index >= 15 is 0 Å². The summed E-state index contributed by atoms with van der Waals surface area (Å²) in [6, 6.07) is 63.0. The molecule has 0 saturated heterocycles. The van der Waals surface area contributed by atoms with Crippen molar-refractivity contribution in [1.82, 2.24) is 9.13 Å². The number of benzene rings is 8. The van der Waals surface area contributed by atoms with Crippen molar-refractivity contribution in [2.24, 2.45) is 0 Å². The molecule has 0 unspecified atom stereocenters. The molecule has 0 atom stereocenters. The molecule has 0 amide bonds. The molecule has 0 fully saturated rings. The standard InChI is InChI=1S/C49H30N2O2S/c52-54(53)47-25-13-10-22-41(47)49(39-20-8-4-16-33(39)34-17-5-9-21-40(34)49)42-30-46-38(29-48(42)54)36-19-7-12-24-44(36)51(46)32-26-27-45-37(28-32)35-18-6-11-23-43(35)50(45)31-14-2-1-3-15-31/h1-30H. The summed E-state index contributed by atoms with van der Waals surface area (Å²) in [6.45, 7) is 0. The Morgan fingerprint density at radius 2 is 0.870 bits per heavy atom. The summed E-state index contributed by atoms with van der Waals surface area (Å²) in [4.78, 5) is 0.733. The summed E-state index contributed by atoms with van der Waals surface area (Å²) in [6.07, 6.45) is 0. The van der Waals surface area contributed by atoms with Gasteiger partial charge in [0.25, 0.3) is 0 Å². The zero-order valence-electron chi connectivity index (χ0n) is 28.9. The van der Waals surface area contributed by atoms with Gasteiger partial charge in [-0.25, -0.2) is 8.42 Å². The van der Waals surface area contributed by atoms with E-state index < -0.39 is 15.3 Å². The Hall–Kier alpha value is -6.69. The van der Waals surface area contributed by atoms with Crippen LogP contribution in [0.1, 0.15) is 22.3 Å². The summed E-state index contributed by atoms with van der Waals surface area (Å²) >= 11 is 0. The molecule has 2 aliphatic rings. The summed E-state index contributed by atoms with van der Waals surface area (Å²) in [5, 5.41) is 4.26. The van der Waals surface area contributed by atoms with Gasteiger partial charge < -0.3 is 9.13 Å². The number of hydrogen-bond acceptors (Lipinski definition) is 2. The minimum absolute atomic E-state index is 0.365. The van der Waals surface area contributed by atoms with E-state index in [1.807, 2.05) is 36.4 Å². The molecule has 2 aromatic heterocycles. The Kier molecular flexibility index (Phi) is 5.78. The molecule has 12 rings (SSSR count). The summed E-state index contributed by atoms with van der Waals surface area (Å²) < 4.78 is 34.5. The number of fused-ring (bicyclic) bond motifs is 15. The van der Waals surface area contributed by atoms with Gasteiger partial charge in [-0.05, 0) is 94.0 Å². The first kappa shape index (κ1) is 29.8.